The number of ether oxygens (including phenoxy) is 3. The van der Waals surface area contributed by atoms with Crippen molar-refractivity contribution in [2.75, 3.05) is 13.2 Å². The van der Waals surface area contributed by atoms with Crippen LogP contribution in [0, 0.1) is 0 Å². The van der Waals surface area contributed by atoms with Gasteiger partial charge < -0.3 is 19.5 Å². The molecule has 5 heteroatoms. The Hall–Kier alpha value is -2.69. The van der Waals surface area contributed by atoms with E-state index in [0.717, 1.165) is 47.6 Å². The van der Waals surface area contributed by atoms with Crippen LogP contribution in [0.3, 0.4) is 0 Å². The molecule has 5 nitrogen and oxygen atoms in total. The predicted octanol–water partition coefficient (Wildman–Crippen LogP) is 5.62. The van der Waals surface area contributed by atoms with Gasteiger partial charge in [0.1, 0.15) is 11.4 Å². The minimum absolute atomic E-state index is 0.0309. The van der Waals surface area contributed by atoms with Gasteiger partial charge in [0.15, 0.2) is 11.5 Å². The number of para-hydroxylation sites is 1. The molecule has 2 aromatic carbocycles. The fourth-order valence-corrected chi connectivity index (χ4v) is 4.21. The van der Waals surface area contributed by atoms with Gasteiger partial charge in [-0.1, -0.05) is 38.1 Å². The molecule has 0 spiro atoms. The highest BCUT2D eigenvalue weighted by molar-refractivity contribution is 5.77. The molecule has 0 radical (unpaired) electrons. The molecule has 0 saturated carbocycles. The molecule has 0 unspecified atom stereocenters. The monoisotopic (exact) mass is 425 g/mol. The third-order valence-corrected chi connectivity index (χ3v) is 6.07. The highest BCUT2D eigenvalue weighted by Crippen LogP contribution is 2.42. The Bertz CT molecular complexity index is 875. The molecule has 1 amide bonds. The Labute approximate surface area is 186 Å². The van der Waals surface area contributed by atoms with E-state index < -0.39 is 0 Å². The highest BCUT2D eigenvalue weighted by atomic mass is 16.5. The molecule has 1 atom stereocenters. The summed E-state index contributed by atoms with van der Waals surface area (Å²) >= 11 is 0. The van der Waals surface area contributed by atoms with Crippen molar-refractivity contribution in [3.8, 4) is 17.2 Å². The standard InChI is InChI=1S/C26H35NO4/c1-5-26(6-2)18-21(20-11-9-10-12-22(20)31-26)27-25(28)16-14-19-13-15-23(29-7-3)24(17-19)30-8-4/h9-13,15,17,21H,5-8,14,16,18H2,1-4H3,(H,27,28)/t21-/m1/s1. The lowest BCUT2D eigenvalue weighted by atomic mass is 9.83. The van der Waals surface area contributed by atoms with Gasteiger partial charge in [-0.05, 0) is 56.9 Å². The average Bonchev–Trinajstić information content (AvgIpc) is 2.79. The summed E-state index contributed by atoms with van der Waals surface area (Å²) in [4.78, 5) is 12.9. The number of aryl methyl sites for hydroxylation is 1. The maximum absolute atomic E-state index is 12.9. The second-order valence-electron chi connectivity index (χ2n) is 8.00. The topological polar surface area (TPSA) is 56.8 Å². The van der Waals surface area contributed by atoms with Crippen LogP contribution in [0.5, 0.6) is 17.2 Å². The molecule has 31 heavy (non-hydrogen) atoms. The SMILES string of the molecule is CCOc1ccc(CCC(=O)N[C@@H]2CC(CC)(CC)Oc3ccccc32)cc1OCC. The van der Waals surface area contributed by atoms with Crippen LogP contribution in [-0.2, 0) is 11.2 Å². The van der Waals surface area contributed by atoms with E-state index in [2.05, 4.69) is 25.2 Å². The van der Waals surface area contributed by atoms with Crippen molar-refractivity contribution < 1.29 is 19.0 Å². The van der Waals surface area contributed by atoms with E-state index in [9.17, 15) is 4.79 Å². The summed E-state index contributed by atoms with van der Waals surface area (Å²) in [7, 11) is 0. The largest absolute Gasteiger partial charge is 0.490 e. The second kappa shape index (κ2) is 10.6. The van der Waals surface area contributed by atoms with E-state index in [1.807, 2.05) is 50.2 Å². The molecule has 0 saturated heterocycles. The molecule has 0 fully saturated rings. The first kappa shape index (κ1) is 23.0. The summed E-state index contributed by atoms with van der Waals surface area (Å²) in [6.07, 6.45) is 3.69. The number of fused-ring (bicyclic) bond motifs is 1. The smallest absolute Gasteiger partial charge is 0.220 e. The van der Waals surface area contributed by atoms with Crippen molar-refractivity contribution in [3.63, 3.8) is 0 Å². The third-order valence-electron chi connectivity index (χ3n) is 6.07. The molecule has 0 aliphatic carbocycles. The minimum atomic E-state index is -0.228. The number of amides is 1. The lowest BCUT2D eigenvalue weighted by Gasteiger charge is -2.41. The third kappa shape index (κ3) is 5.52. The Balaban J connectivity index is 1.67. The van der Waals surface area contributed by atoms with Crippen LogP contribution in [0.25, 0.3) is 0 Å². The quantitative estimate of drug-likeness (QED) is 0.537. The Morgan fingerprint density at radius 2 is 1.74 bits per heavy atom. The van der Waals surface area contributed by atoms with E-state index in [-0.39, 0.29) is 17.6 Å². The number of nitrogens with one attached hydrogen (secondary N) is 1. The maximum Gasteiger partial charge on any atom is 0.220 e. The maximum atomic E-state index is 12.9. The van der Waals surface area contributed by atoms with E-state index >= 15 is 0 Å². The molecule has 0 aromatic heterocycles. The number of rotatable bonds is 10. The Kier molecular flexibility index (Phi) is 7.83. The van der Waals surface area contributed by atoms with Crippen LogP contribution < -0.4 is 19.5 Å². The lowest BCUT2D eigenvalue weighted by Crippen LogP contribution is -2.44. The molecule has 1 aliphatic heterocycles. The molecular weight excluding hydrogens is 390 g/mol. The number of carbonyl (C=O) groups excluding carboxylic acids is 1. The van der Waals surface area contributed by atoms with E-state index in [1.54, 1.807) is 0 Å². The van der Waals surface area contributed by atoms with E-state index in [0.29, 0.717) is 26.1 Å². The highest BCUT2D eigenvalue weighted by Gasteiger charge is 2.38. The molecule has 2 aromatic rings. The van der Waals surface area contributed by atoms with Crippen LogP contribution in [0.1, 0.15) is 70.5 Å². The average molecular weight is 426 g/mol. The molecule has 0 bridgehead atoms. The summed E-state index contributed by atoms with van der Waals surface area (Å²) in [5.74, 6) is 2.41. The van der Waals surface area contributed by atoms with Gasteiger partial charge in [-0.15, -0.1) is 0 Å². The summed E-state index contributed by atoms with van der Waals surface area (Å²) in [6.45, 7) is 9.37. The van der Waals surface area contributed by atoms with Gasteiger partial charge in [0.05, 0.1) is 19.3 Å². The van der Waals surface area contributed by atoms with Gasteiger partial charge in [-0.3, -0.25) is 4.79 Å². The summed E-state index contributed by atoms with van der Waals surface area (Å²) in [5.41, 5.74) is 1.90. The zero-order chi connectivity index (χ0) is 22.3. The lowest BCUT2D eigenvalue weighted by molar-refractivity contribution is -0.122. The molecular formula is C26H35NO4. The van der Waals surface area contributed by atoms with Crippen molar-refractivity contribution in [2.45, 2.75) is 71.4 Å². The van der Waals surface area contributed by atoms with Crippen molar-refractivity contribution >= 4 is 5.91 Å². The minimum Gasteiger partial charge on any atom is -0.490 e. The number of hydrogen-bond acceptors (Lipinski definition) is 4. The first-order valence-electron chi connectivity index (χ1n) is 11.5. The number of hydrogen-bond donors (Lipinski definition) is 1. The van der Waals surface area contributed by atoms with Crippen molar-refractivity contribution in [1.29, 1.82) is 0 Å². The Morgan fingerprint density at radius 3 is 2.45 bits per heavy atom. The van der Waals surface area contributed by atoms with Crippen molar-refractivity contribution in [1.82, 2.24) is 5.32 Å². The summed E-state index contributed by atoms with van der Waals surface area (Å²) < 4.78 is 17.7. The fourth-order valence-electron chi connectivity index (χ4n) is 4.21. The van der Waals surface area contributed by atoms with Crippen LogP contribution >= 0.6 is 0 Å². The van der Waals surface area contributed by atoms with Crippen molar-refractivity contribution in [3.05, 3.63) is 53.6 Å². The predicted molar refractivity (Wildman–Crippen MR) is 123 cm³/mol. The molecule has 168 valence electrons. The van der Waals surface area contributed by atoms with Gasteiger partial charge in [0, 0.05) is 18.4 Å². The van der Waals surface area contributed by atoms with Crippen molar-refractivity contribution in [2.24, 2.45) is 0 Å². The van der Waals surface area contributed by atoms with Gasteiger partial charge in [-0.2, -0.15) is 0 Å². The second-order valence-corrected chi connectivity index (χ2v) is 8.00. The van der Waals surface area contributed by atoms with Gasteiger partial charge in [0.25, 0.3) is 0 Å². The number of benzene rings is 2. The Morgan fingerprint density at radius 1 is 1.03 bits per heavy atom. The normalized spacial score (nSPS) is 16.7. The van der Waals surface area contributed by atoms with Gasteiger partial charge in [0.2, 0.25) is 5.91 Å². The first-order valence-corrected chi connectivity index (χ1v) is 11.5. The molecule has 1 N–H and O–H groups in total. The van der Waals surface area contributed by atoms with Crippen LogP contribution in [-0.4, -0.2) is 24.7 Å². The first-order chi connectivity index (χ1) is 15.0. The summed E-state index contributed by atoms with van der Waals surface area (Å²) in [6, 6.07) is 13.9. The van der Waals surface area contributed by atoms with Crippen LogP contribution in [0.4, 0.5) is 0 Å². The fraction of sp³-hybridized carbons (Fsp3) is 0.500. The van der Waals surface area contributed by atoms with Crippen LogP contribution in [0.15, 0.2) is 42.5 Å². The van der Waals surface area contributed by atoms with E-state index in [4.69, 9.17) is 14.2 Å². The summed E-state index contributed by atoms with van der Waals surface area (Å²) in [5, 5.41) is 3.27. The zero-order valence-corrected chi connectivity index (χ0v) is 19.2. The number of carbonyl (C=O) groups is 1. The van der Waals surface area contributed by atoms with E-state index in [1.165, 1.54) is 0 Å². The van der Waals surface area contributed by atoms with Gasteiger partial charge >= 0.3 is 0 Å². The zero-order valence-electron chi connectivity index (χ0n) is 19.2. The van der Waals surface area contributed by atoms with Gasteiger partial charge in [-0.25, -0.2) is 0 Å². The molecule has 1 heterocycles. The molecule has 1 aliphatic rings. The molecule has 3 rings (SSSR count). The van der Waals surface area contributed by atoms with Crippen LogP contribution in [0.2, 0.25) is 0 Å².